The predicted octanol–water partition coefficient (Wildman–Crippen LogP) is 2.77. The summed E-state index contributed by atoms with van der Waals surface area (Å²) in [7, 11) is 0. The molecule has 0 aliphatic rings. The Kier molecular flexibility index (Phi) is 2.71. The van der Waals surface area contributed by atoms with E-state index in [0.717, 1.165) is 6.07 Å². The van der Waals surface area contributed by atoms with E-state index in [-0.39, 0.29) is 21.3 Å². The van der Waals surface area contributed by atoms with Crippen molar-refractivity contribution in [1.29, 1.82) is 5.26 Å². The maximum atomic E-state index is 10.4. The molecule has 1 aromatic carbocycles. The molecule has 0 bridgehead atoms. The molecule has 0 saturated carbocycles. The Hall–Kier alpha value is -1.31. The Balaban J connectivity index is 3.41. The quantitative estimate of drug-likeness (QED) is 0.536. The van der Waals surface area contributed by atoms with Gasteiger partial charge in [0, 0.05) is 6.07 Å². The van der Waals surface area contributed by atoms with E-state index in [9.17, 15) is 10.1 Å². The summed E-state index contributed by atoms with van der Waals surface area (Å²) in [5.74, 6) is 0. The molecule has 0 saturated heterocycles. The van der Waals surface area contributed by atoms with Gasteiger partial charge in [-0.15, -0.1) is 0 Å². The van der Waals surface area contributed by atoms with Crippen LogP contribution in [0.25, 0.3) is 0 Å². The van der Waals surface area contributed by atoms with E-state index < -0.39 is 4.92 Å². The lowest BCUT2D eigenvalue weighted by molar-refractivity contribution is -0.384. The number of nitro groups is 1. The number of nitriles is 1. The Bertz CT molecular complexity index is 412. The second-order valence-corrected chi connectivity index (χ2v) is 2.97. The third-order valence-electron chi connectivity index (χ3n) is 1.35. The summed E-state index contributed by atoms with van der Waals surface area (Å²) in [5, 5.41) is 18.9. The van der Waals surface area contributed by atoms with Gasteiger partial charge in [0.1, 0.15) is 11.1 Å². The van der Waals surface area contributed by atoms with Crippen molar-refractivity contribution in [3.63, 3.8) is 0 Å². The average molecular weight is 217 g/mol. The topological polar surface area (TPSA) is 66.9 Å². The fourth-order valence-corrected chi connectivity index (χ4v) is 1.26. The van der Waals surface area contributed by atoms with Gasteiger partial charge in [-0.25, -0.2) is 0 Å². The molecule has 0 spiro atoms. The van der Waals surface area contributed by atoms with E-state index in [0.29, 0.717) is 0 Å². The highest BCUT2D eigenvalue weighted by atomic mass is 35.5. The number of nitrogens with zero attached hydrogens (tertiary/aromatic N) is 2. The van der Waals surface area contributed by atoms with Crippen molar-refractivity contribution in [3.8, 4) is 6.07 Å². The number of hydrogen-bond donors (Lipinski definition) is 0. The van der Waals surface area contributed by atoms with Crippen LogP contribution in [0.3, 0.4) is 0 Å². The predicted molar refractivity (Wildman–Crippen MR) is 47.8 cm³/mol. The van der Waals surface area contributed by atoms with Crippen molar-refractivity contribution in [2.45, 2.75) is 0 Å². The molecule has 0 radical (unpaired) electrons. The summed E-state index contributed by atoms with van der Waals surface area (Å²) in [6, 6.07) is 3.95. The number of nitro benzene ring substituents is 1. The van der Waals surface area contributed by atoms with Gasteiger partial charge in [-0.05, 0) is 6.07 Å². The normalized spacial score (nSPS) is 9.31. The molecule has 6 heteroatoms. The van der Waals surface area contributed by atoms with Crippen molar-refractivity contribution in [2.24, 2.45) is 0 Å². The van der Waals surface area contributed by atoms with E-state index in [1.54, 1.807) is 6.07 Å². The summed E-state index contributed by atoms with van der Waals surface area (Å²) in [6.45, 7) is 0. The number of rotatable bonds is 1. The minimum atomic E-state index is -0.667. The number of hydrogen-bond acceptors (Lipinski definition) is 3. The fourth-order valence-electron chi connectivity index (χ4n) is 0.763. The van der Waals surface area contributed by atoms with Crippen molar-refractivity contribution in [3.05, 3.63) is 37.9 Å². The van der Waals surface area contributed by atoms with E-state index in [1.165, 1.54) is 6.07 Å². The largest absolute Gasteiger partial charge is 0.289 e. The third kappa shape index (κ3) is 1.89. The summed E-state index contributed by atoms with van der Waals surface area (Å²) < 4.78 is 0. The van der Waals surface area contributed by atoms with Gasteiger partial charge in [0.05, 0.1) is 15.5 Å². The SMILES string of the molecule is N#Cc1cc([N+](=O)[O-])c(Cl)cc1Cl. The summed E-state index contributed by atoms with van der Waals surface area (Å²) in [5.41, 5.74) is -0.277. The van der Waals surface area contributed by atoms with Crippen LogP contribution >= 0.6 is 23.2 Å². The Morgan fingerprint density at radius 1 is 1.38 bits per heavy atom. The molecule has 0 heterocycles. The van der Waals surface area contributed by atoms with Gasteiger partial charge in [0.15, 0.2) is 0 Å². The molecule has 0 unspecified atom stereocenters. The number of benzene rings is 1. The molecule has 0 fully saturated rings. The highest BCUT2D eigenvalue weighted by Gasteiger charge is 2.15. The zero-order valence-corrected chi connectivity index (χ0v) is 7.63. The Labute approximate surface area is 83.4 Å². The van der Waals surface area contributed by atoms with E-state index in [2.05, 4.69) is 0 Å². The van der Waals surface area contributed by atoms with Crippen LogP contribution in [0.1, 0.15) is 5.56 Å². The minimum absolute atomic E-state index is 0.0396. The van der Waals surface area contributed by atoms with Gasteiger partial charge in [0.2, 0.25) is 0 Å². The lowest BCUT2D eigenvalue weighted by Crippen LogP contribution is -1.90. The Morgan fingerprint density at radius 3 is 2.46 bits per heavy atom. The van der Waals surface area contributed by atoms with Crippen LogP contribution in [0.15, 0.2) is 12.1 Å². The highest BCUT2D eigenvalue weighted by molar-refractivity contribution is 6.36. The molecular weight excluding hydrogens is 215 g/mol. The summed E-state index contributed by atoms with van der Waals surface area (Å²) >= 11 is 11.1. The van der Waals surface area contributed by atoms with Crippen LogP contribution in [0, 0.1) is 21.4 Å². The van der Waals surface area contributed by atoms with Crippen LogP contribution in [0.2, 0.25) is 10.0 Å². The lowest BCUT2D eigenvalue weighted by Gasteiger charge is -1.97. The molecule has 0 N–H and O–H groups in total. The molecule has 1 aromatic rings. The van der Waals surface area contributed by atoms with Gasteiger partial charge >= 0.3 is 0 Å². The minimum Gasteiger partial charge on any atom is -0.258 e. The number of halogens is 2. The van der Waals surface area contributed by atoms with Crippen LogP contribution < -0.4 is 0 Å². The van der Waals surface area contributed by atoms with E-state index in [4.69, 9.17) is 28.5 Å². The van der Waals surface area contributed by atoms with Gasteiger partial charge in [-0.2, -0.15) is 5.26 Å². The molecule has 13 heavy (non-hydrogen) atoms. The molecular formula is C7H2Cl2N2O2. The zero-order chi connectivity index (χ0) is 10.0. The first kappa shape index (κ1) is 9.78. The molecule has 0 aliphatic heterocycles. The smallest absolute Gasteiger partial charge is 0.258 e. The monoisotopic (exact) mass is 216 g/mol. The molecule has 1 rings (SSSR count). The maximum absolute atomic E-state index is 10.4. The fraction of sp³-hybridized carbons (Fsp3) is 0. The summed E-state index contributed by atoms with van der Waals surface area (Å²) in [6.07, 6.45) is 0. The van der Waals surface area contributed by atoms with Crippen LogP contribution in [-0.4, -0.2) is 4.92 Å². The van der Waals surface area contributed by atoms with Gasteiger partial charge in [0.25, 0.3) is 5.69 Å². The second kappa shape index (κ2) is 3.60. The molecule has 4 nitrogen and oxygen atoms in total. The maximum Gasteiger partial charge on any atom is 0.289 e. The molecule has 0 atom stereocenters. The van der Waals surface area contributed by atoms with Gasteiger partial charge in [-0.3, -0.25) is 10.1 Å². The molecule has 0 aromatic heterocycles. The van der Waals surface area contributed by atoms with Crippen molar-refractivity contribution in [1.82, 2.24) is 0 Å². The van der Waals surface area contributed by atoms with E-state index >= 15 is 0 Å². The van der Waals surface area contributed by atoms with Crippen LogP contribution in [0.5, 0.6) is 0 Å². The van der Waals surface area contributed by atoms with Crippen molar-refractivity contribution in [2.75, 3.05) is 0 Å². The zero-order valence-electron chi connectivity index (χ0n) is 6.12. The third-order valence-corrected chi connectivity index (χ3v) is 1.97. The molecule has 0 amide bonds. The highest BCUT2D eigenvalue weighted by Crippen LogP contribution is 2.30. The first-order valence-corrected chi connectivity index (χ1v) is 3.85. The first-order valence-electron chi connectivity index (χ1n) is 3.10. The first-order chi connectivity index (χ1) is 6.06. The van der Waals surface area contributed by atoms with Crippen LogP contribution in [0.4, 0.5) is 5.69 Å². The molecule has 0 aliphatic carbocycles. The standard InChI is InChI=1S/C7H2Cl2N2O2/c8-5-2-6(9)7(11(12)13)1-4(5)3-10/h1-2H. The van der Waals surface area contributed by atoms with Crippen LogP contribution in [-0.2, 0) is 0 Å². The van der Waals surface area contributed by atoms with Crippen molar-refractivity contribution >= 4 is 28.9 Å². The average Bonchev–Trinajstić information content (AvgIpc) is 2.03. The second-order valence-electron chi connectivity index (χ2n) is 2.15. The summed E-state index contributed by atoms with van der Waals surface area (Å²) in [4.78, 5) is 9.70. The Morgan fingerprint density at radius 2 is 2.00 bits per heavy atom. The van der Waals surface area contributed by atoms with E-state index in [1.807, 2.05) is 0 Å². The van der Waals surface area contributed by atoms with Crippen molar-refractivity contribution < 1.29 is 4.92 Å². The molecule has 66 valence electrons. The lowest BCUT2D eigenvalue weighted by atomic mass is 10.2. The van der Waals surface area contributed by atoms with Gasteiger partial charge in [-0.1, -0.05) is 23.2 Å². The van der Waals surface area contributed by atoms with Gasteiger partial charge < -0.3 is 0 Å².